The van der Waals surface area contributed by atoms with E-state index in [2.05, 4.69) is 53.0 Å². The van der Waals surface area contributed by atoms with Crippen molar-refractivity contribution in [2.45, 2.75) is 72.8 Å². The molecule has 0 bridgehead atoms. The number of benzene rings is 3. The van der Waals surface area contributed by atoms with Gasteiger partial charge in [-0.15, -0.1) is 0 Å². The third kappa shape index (κ3) is 7.77. The number of aryl methyl sites for hydroxylation is 1. The Morgan fingerprint density at radius 2 is 1.84 bits per heavy atom. The highest BCUT2D eigenvalue weighted by Crippen LogP contribution is 2.46. The Balaban J connectivity index is 1.47. The molecule has 258 valence electrons. The van der Waals surface area contributed by atoms with Crippen molar-refractivity contribution in [3.63, 3.8) is 0 Å². The van der Waals surface area contributed by atoms with Gasteiger partial charge in [0.05, 0.1) is 30.7 Å². The van der Waals surface area contributed by atoms with Gasteiger partial charge in [0.15, 0.2) is 11.6 Å². The molecule has 1 aromatic heterocycles. The zero-order valence-corrected chi connectivity index (χ0v) is 29.6. The molecule has 0 saturated carbocycles. The number of methoxy groups -OCH3 is 1. The van der Waals surface area contributed by atoms with Crippen molar-refractivity contribution in [2.24, 2.45) is 10.4 Å². The molecule has 1 unspecified atom stereocenters. The van der Waals surface area contributed by atoms with Crippen LogP contribution in [0.2, 0.25) is 0 Å². The van der Waals surface area contributed by atoms with Gasteiger partial charge in [0.1, 0.15) is 17.2 Å². The van der Waals surface area contributed by atoms with Crippen LogP contribution >= 0.6 is 0 Å². The highest BCUT2D eigenvalue weighted by Gasteiger charge is 2.37. The first kappa shape index (κ1) is 35.1. The van der Waals surface area contributed by atoms with Crippen LogP contribution in [0.5, 0.6) is 11.5 Å². The van der Waals surface area contributed by atoms with Gasteiger partial charge < -0.3 is 30.6 Å². The number of nitrogens with zero attached hydrogens (tertiary/aromatic N) is 4. The summed E-state index contributed by atoms with van der Waals surface area (Å²) in [5, 5.41) is 26.0. The second-order valence-electron chi connectivity index (χ2n) is 14.4. The summed E-state index contributed by atoms with van der Waals surface area (Å²) >= 11 is 0. The third-order valence-electron chi connectivity index (χ3n) is 8.95. The average molecular weight is 666 g/mol. The number of anilines is 2. The van der Waals surface area contributed by atoms with Crippen LogP contribution < -0.4 is 20.1 Å². The summed E-state index contributed by atoms with van der Waals surface area (Å²) < 4.78 is 11.3. The molecule has 0 spiro atoms. The van der Waals surface area contributed by atoms with Gasteiger partial charge in [-0.3, -0.25) is 5.10 Å². The molecule has 4 aromatic rings. The van der Waals surface area contributed by atoms with E-state index < -0.39 is 11.4 Å². The number of H-pyrrole nitrogens is 1. The lowest BCUT2D eigenvalue weighted by Crippen LogP contribution is -2.49. The molecule has 49 heavy (non-hydrogen) atoms. The number of carboxylic acids is 1. The molecule has 5 rings (SSSR count). The van der Waals surface area contributed by atoms with Crippen LogP contribution in [0.15, 0.2) is 59.6 Å². The number of nitrogens with two attached hydrogens (primary N) is 1. The van der Waals surface area contributed by atoms with Crippen molar-refractivity contribution >= 4 is 34.5 Å². The average Bonchev–Trinajstić information content (AvgIpc) is 3.52. The van der Waals surface area contributed by atoms with Crippen molar-refractivity contribution in [3.8, 4) is 22.9 Å². The Hall–Kier alpha value is -5.19. The fourth-order valence-electron chi connectivity index (χ4n) is 6.35. The zero-order valence-electron chi connectivity index (χ0n) is 29.6. The summed E-state index contributed by atoms with van der Waals surface area (Å²) in [6.45, 7) is 16.2. The largest absolute Gasteiger partial charge is 0.497 e. The van der Waals surface area contributed by atoms with Crippen LogP contribution in [-0.4, -0.2) is 63.5 Å². The van der Waals surface area contributed by atoms with Gasteiger partial charge in [-0.1, -0.05) is 27.7 Å². The maximum atomic E-state index is 11.6. The molecule has 0 fully saturated rings. The monoisotopic (exact) mass is 665 g/mol. The highest BCUT2D eigenvalue weighted by molar-refractivity contribution is 6.48. The summed E-state index contributed by atoms with van der Waals surface area (Å²) in [6, 6.07) is 16.5. The van der Waals surface area contributed by atoms with Gasteiger partial charge in [0.2, 0.25) is 0 Å². The minimum atomic E-state index is -1.10. The van der Waals surface area contributed by atoms with Gasteiger partial charge in [0, 0.05) is 34.4 Å². The number of aromatic carboxylic acids is 1. The number of rotatable bonds is 11. The quantitative estimate of drug-likeness (QED) is 0.0716. The van der Waals surface area contributed by atoms with Crippen LogP contribution in [0.3, 0.4) is 0 Å². The second-order valence-corrected chi connectivity index (χ2v) is 14.4. The predicted octanol–water partition coefficient (Wildman–Crippen LogP) is 7.82. The van der Waals surface area contributed by atoms with E-state index in [1.165, 1.54) is 23.4 Å². The summed E-state index contributed by atoms with van der Waals surface area (Å²) in [7, 11) is 1.65. The maximum absolute atomic E-state index is 11.6. The lowest BCUT2D eigenvalue weighted by molar-refractivity contribution is 0.0697. The molecule has 11 nitrogen and oxygen atoms in total. The lowest BCUT2D eigenvalue weighted by Gasteiger charge is -2.48. The Bertz CT molecular complexity index is 1890. The number of fused-ring (bicyclic) bond motifs is 1. The topological polar surface area (TPSA) is 163 Å². The van der Waals surface area contributed by atoms with E-state index in [1.54, 1.807) is 13.2 Å². The van der Waals surface area contributed by atoms with Crippen LogP contribution in [0.1, 0.15) is 87.6 Å². The molecule has 1 aliphatic heterocycles. The number of aromatic nitrogens is 3. The number of hydrogen-bond donors (Lipinski definition) is 4. The number of carboxylic acid groups (broad SMARTS) is 1. The third-order valence-corrected chi connectivity index (χ3v) is 8.95. The summed E-state index contributed by atoms with van der Waals surface area (Å²) in [6.07, 6.45) is 1.82. The van der Waals surface area contributed by atoms with Crippen molar-refractivity contribution in [1.29, 1.82) is 5.41 Å². The summed E-state index contributed by atoms with van der Waals surface area (Å²) in [5.41, 5.74) is 11.0. The van der Waals surface area contributed by atoms with Crippen molar-refractivity contribution in [1.82, 2.24) is 15.2 Å². The minimum absolute atomic E-state index is 0.0402. The SMILES string of the molecule is COc1ccc(OCCCN2c3cc(C)c(N=C(C(=N)C(C)(C)C)c4nc(-c5cc(N)cc(C(=O)O)c5)n[nH]4)cc3C(C)CC2(C)C)cc1. The Kier molecular flexibility index (Phi) is 9.85. The van der Waals surface area contributed by atoms with Crippen LogP contribution in [0, 0.1) is 17.7 Å². The fourth-order valence-corrected chi connectivity index (χ4v) is 6.35. The van der Waals surface area contributed by atoms with E-state index >= 15 is 0 Å². The van der Waals surface area contributed by atoms with Crippen LogP contribution in [0.25, 0.3) is 11.4 Å². The molecule has 0 aliphatic carbocycles. The molecule has 5 N–H and O–H groups in total. The smallest absolute Gasteiger partial charge is 0.335 e. The van der Waals surface area contributed by atoms with Crippen molar-refractivity contribution in [2.75, 3.05) is 30.9 Å². The van der Waals surface area contributed by atoms with E-state index in [9.17, 15) is 9.90 Å². The molecule has 11 heteroatoms. The number of nitrogen functional groups attached to an aromatic ring is 1. The first-order valence-electron chi connectivity index (χ1n) is 16.5. The minimum Gasteiger partial charge on any atom is -0.497 e. The van der Waals surface area contributed by atoms with Crippen LogP contribution in [-0.2, 0) is 0 Å². The Morgan fingerprint density at radius 1 is 1.14 bits per heavy atom. The van der Waals surface area contributed by atoms with Gasteiger partial charge in [-0.25, -0.2) is 14.8 Å². The summed E-state index contributed by atoms with van der Waals surface area (Å²) in [5.74, 6) is 1.40. The second kappa shape index (κ2) is 13.7. The standard InChI is InChI=1S/C38H47N7O4/c1-22-16-31-29(23(2)21-38(6,7)45(31)14-9-15-49-28-12-10-27(48-8)11-13-28)20-30(22)41-32(33(40)37(3,4)5)35-42-34(43-44-35)24-17-25(36(46)47)19-26(39)18-24/h10-13,16-20,23,40H,9,14-15,21,39H2,1-8H3,(H,46,47)(H,42,43,44). The van der Waals surface area contributed by atoms with E-state index in [4.69, 9.17) is 25.6 Å². The number of ether oxygens (including phenoxy) is 2. The molecular formula is C38H47N7O4. The van der Waals surface area contributed by atoms with Gasteiger partial charge in [-0.2, -0.15) is 5.10 Å². The lowest BCUT2D eigenvalue weighted by atomic mass is 9.79. The maximum Gasteiger partial charge on any atom is 0.335 e. The van der Waals surface area contributed by atoms with Gasteiger partial charge in [0.25, 0.3) is 0 Å². The fraction of sp³-hybridized carbons (Fsp3) is 0.395. The number of hydrogen-bond acceptors (Lipinski definition) is 9. The van der Waals surface area contributed by atoms with Gasteiger partial charge >= 0.3 is 5.97 Å². The van der Waals surface area contributed by atoms with E-state index in [1.807, 2.05) is 52.0 Å². The molecule has 0 radical (unpaired) electrons. The molecule has 3 aromatic carbocycles. The molecule has 0 amide bonds. The Morgan fingerprint density at radius 3 is 2.49 bits per heavy atom. The number of carbonyl (C=O) groups is 1. The number of aromatic amines is 1. The van der Waals surface area contributed by atoms with Crippen molar-refractivity contribution in [3.05, 3.63) is 77.1 Å². The molecule has 0 saturated heterocycles. The summed E-state index contributed by atoms with van der Waals surface area (Å²) in [4.78, 5) is 23.9. The zero-order chi connectivity index (χ0) is 35.7. The van der Waals surface area contributed by atoms with Gasteiger partial charge in [-0.05, 0) is 105 Å². The number of nitrogens with one attached hydrogen (secondary N) is 2. The van der Waals surface area contributed by atoms with Crippen LogP contribution in [0.4, 0.5) is 17.1 Å². The molecular weight excluding hydrogens is 618 g/mol. The molecule has 1 aliphatic rings. The Labute approximate surface area is 288 Å². The first-order chi connectivity index (χ1) is 23.1. The predicted molar refractivity (Wildman–Crippen MR) is 195 cm³/mol. The van der Waals surface area contributed by atoms with E-state index in [0.29, 0.717) is 41.0 Å². The molecule has 1 atom stereocenters. The first-order valence-corrected chi connectivity index (χ1v) is 16.5. The van der Waals surface area contributed by atoms with Crippen molar-refractivity contribution < 1.29 is 19.4 Å². The number of aliphatic imine (C=N–C) groups is 1. The van der Waals surface area contributed by atoms with E-state index in [-0.39, 0.29) is 16.9 Å². The normalized spacial score (nSPS) is 15.9. The molecule has 2 heterocycles. The highest BCUT2D eigenvalue weighted by atomic mass is 16.5. The van der Waals surface area contributed by atoms with E-state index in [0.717, 1.165) is 42.1 Å².